The Morgan fingerprint density at radius 2 is 1.84 bits per heavy atom. The summed E-state index contributed by atoms with van der Waals surface area (Å²) in [5.41, 5.74) is 6.63. The number of amides is 1. The van der Waals surface area contributed by atoms with Gasteiger partial charge in [0.15, 0.2) is 0 Å². The van der Waals surface area contributed by atoms with Crippen molar-refractivity contribution in [2.45, 2.75) is 38.6 Å². The quantitative estimate of drug-likeness (QED) is 0.903. The number of carbonyl (C=O) groups excluding carboxylic acids is 1. The molecule has 3 nitrogen and oxygen atoms in total. The van der Waals surface area contributed by atoms with Crippen LogP contribution in [0.1, 0.15) is 32.8 Å². The minimum absolute atomic E-state index is 0. The molecule has 0 fully saturated rings. The molecule has 0 saturated carbocycles. The predicted octanol–water partition coefficient (Wildman–Crippen LogP) is 2.58. The van der Waals surface area contributed by atoms with Crippen LogP contribution < -0.4 is 5.73 Å². The molecule has 0 aliphatic heterocycles. The van der Waals surface area contributed by atoms with Crippen LogP contribution in [0.2, 0.25) is 0 Å². The molecule has 1 atom stereocenters. The Balaban J connectivity index is 0.00000324. The smallest absolute Gasteiger partial charge is 0.223 e. The molecule has 1 rings (SSSR count). The summed E-state index contributed by atoms with van der Waals surface area (Å²) in [6.07, 6.45) is 0.498. The van der Waals surface area contributed by atoms with Crippen molar-refractivity contribution in [1.29, 1.82) is 0 Å². The van der Waals surface area contributed by atoms with Gasteiger partial charge in [0.05, 0.1) is 0 Å². The lowest BCUT2D eigenvalue weighted by molar-refractivity contribution is -0.132. The third-order valence-corrected chi connectivity index (χ3v) is 3.54. The van der Waals surface area contributed by atoms with Crippen molar-refractivity contribution in [1.82, 2.24) is 4.90 Å². The van der Waals surface area contributed by atoms with Gasteiger partial charge in [-0.3, -0.25) is 4.79 Å². The topological polar surface area (TPSA) is 46.3 Å². The monoisotopic (exact) mass is 284 g/mol. The third-order valence-electron chi connectivity index (χ3n) is 3.54. The SMILES string of the molecule is CC(CN)N(C)C(=O)CC(C)(C)c1ccccc1.Cl. The Labute approximate surface area is 122 Å². The van der Waals surface area contributed by atoms with Gasteiger partial charge in [-0.2, -0.15) is 0 Å². The highest BCUT2D eigenvalue weighted by molar-refractivity contribution is 5.85. The van der Waals surface area contributed by atoms with Crippen LogP contribution in [0.5, 0.6) is 0 Å². The lowest BCUT2D eigenvalue weighted by Gasteiger charge is -2.30. The lowest BCUT2D eigenvalue weighted by Crippen LogP contribution is -2.41. The Kier molecular flexibility index (Phi) is 7.09. The van der Waals surface area contributed by atoms with Gasteiger partial charge >= 0.3 is 0 Å². The standard InChI is InChI=1S/C15H24N2O.ClH/c1-12(11-16)17(4)14(18)10-15(2,3)13-8-6-5-7-9-13;/h5-9,12H,10-11,16H2,1-4H3;1H. The fourth-order valence-electron chi connectivity index (χ4n) is 1.90. The molecule has 2 N–H and O–H groups in total. The number of benzene rings is 1. The van der Waals surface area contributed by atoms with Crippen LogP contribution in [0.3, 0.4) is 0 Å². The molecule has 4 heteroatoms. The van der Waals surface area contributed by atoms with Crippen LogP contribution in [-0.4, -0.2) is 30.4 Å². The van der Waals surface area contributed by atoms with Gasteiger partial charge in [0.25, 0.3) is 0 Å². The molecule has 0 aliphatic rings. The second-order valence-corrected chi connectivity index (χ2v) is 5.52. The second-order valence-electron chi connectivity index (χ2n) is 5.52. The van der Waals surface area contributed by atoms with E-state index < -0.39 is 0 Å². The average Bonchev–Trinajstić information content (AvgIpc) is 2.37. The first kappa shape index (κ1) is 17.9. The zero-order valence-corrected chi connectivity index (χ0v) is 13.0. The van der Waals surface area contributed by atoms with Crippen LogP contribution in [-0.2, 0) is 10.2 Å². The van der Waals surface area contributed by atoms with Crippen LogP contribution >= 0.6 is 12.4 Å². The number of carbonyl (C=O) groups is 1. The summed E-state index contributed by atoms with van der Waals surface area (Å²) in [7, 11) is 1.82. The van der Waals surface area contributed by atoms with Crippen molar-refractivity contribution in [3.05, 3.63) is 35.9 Å². The maximum Gasteiger partial charge on any atom is 0.223 e. The van der Waals surface area contributed by atoms with Gasteiger partial charge in [-0.05, 0) is 17.9 Å². The molecular weight excluding hydrogens is 260 g/mol. The molecule has 0 aliphatic carbocycles. The highest BCUT2D eigenvalue weighted by atomic mass is 35.5. The van der Waals surface area contributed by atoms with E-state index in [9.17, 15) is 4.79 Å². The van der Waals surface area contributed by atoms with Crippen molar-refractivity contribution in [3.8, 4) is 0 Å². The summed E-state index contributed by atoms with van der Waals surface area (Å²) in [6.45, 7) is 6.66. The summed E-state index contributed by atoms with van der Waals surface area (Å²) in [5, 5.41) is 0. The summed E-state index contributed by atoms with van der Waals surface area (Å²) >= 11 is 0. The zero-order chi connectivity index (χ0) is 13.8. The number of halogens is 1. The minimum atomic E-state index is -0.152. The second kappa shape index (κ2) is 7.51. The molecule has 0 heterocycles. The Bertz CT molecular complexity index is 392. The molecule has 1 aromatic carbocycles. The van der Waals surface area contributed by atoms with E-state index in [1.54, 1.807) is 4.90 Å². The van der Waals surface area contributed by atoms with Gasteiger partial charge in [0, 0.05) is 26.1 Å². The molecule has 0 aromatic heterocycles. The van der Waals surface area contributed by atoms with Gasteiger partial charge in [-0.15, -0.1) is 12.4 Å². The normalized spacial score (nSPS) is 12.5. The molecule has 1 unspecified atom stereocenters. The maximum atomic E-state index is 12.2. The van der Waals surface area contributed by atoms with E-state index in [1.165, 1.54) is 5.56 Å². The van der Waals surface area contributed by atoms with E-state index in [1.807, 2.05) is 32.2 Å². The van der Waals surface area contributed by atoms with Crippen LogP contribution in [0.15, 0.2) is 30.3 Å². The molecule has 0 spiro atoms. The summed E-state index contributed by atoms with van der Waals surface area (Å²) < 4.78 is 0. The van der Waals surface area contributed by atoms with Crippen molar-refractivity contribution in [3.63, 3.8) is 0 Å². The molecule has 0 saturated heterocycles. The highest BCUT2D eigenvalue weighted by Crippen LogP contribution is 2.27. The van der Waals surface area contributed by atoms with Crippen LogP contribution in [0.25, 0.3) is 0 Å². The van der Waals surface area contributed by atoms with Gasteiger partial charge in [-0.1, -0.05) is 44.2 Å². The molecule has 0 bridgehead atoms. The summed E-state index contributed by atoms with van der Waals surface area (Å²) in [4.78, 5) is 13.9. The zero-order valence-electron chi connectivity index (χ0n) is 12.2. The first-order valence-electron chi connectivity index (χ1n) is 6.39. The van der Waals surface area contributed by atoms with Crippen LogP contribution in [0.4, 0.5) is 0 Å². The number of nitrogens with two attached hydrogens (primary N) is 1. The number of nitrogens with zero attached hydrogens (tertiary/aromatic N) is 1. The molecule has 19 heavy (non-hydrogen) atoms. The number of hydrogen-bond donors (Lipinski definition) is 1. The highest BCUT2D eigenvalue weighted by Gasteiger charge is 2.26. The Hall–Kier alpha value is -1.06. The van der Waals surface area contributed by atoms with Gasteiger partial charge in [0.2, 0.25) is 5.91 Å². The van der Waals surface area contributed by atoms with E-state index in [4.69, 9.17) is 5.73 Å². The van der Waals surface area contributed by atoms with Crippen LogP contribution in [0, 0.1) is 0 Å². The average molecular weight is 285 g/mol. The first-order chi connectivity index (χ1) is 8.38. The largest absolute Gasteiger partial charge is 0.342 e. The number of hydrogen-bond acceptors (Lipinski definition) is 2. The molecule has 108 valence electrons. The number of rotatable bonds is 5. The molecule has 0 radical (unpaired) electrons. The fourth-order valence-corrected chi connectivity index (χ4v) is 1.90. The lowest BCUT2D eigenvalue weighted by atomic mass is 9.81. The molecular formula is C15H25ClN2O. The Morgan fingerprint density at radius 1 is 1.32 bits per heavy atom. The van der Waals surface area contributed by atoms with Crippen molar-refractivity contribution < 1.29 is 4.79 Å². The molecule has 1 amide bonds. The van der Waals surface area contributed by atoms with E-state index in [0.29, 0.717) is 13.0 Å². The minimum Gasteiger partial charge on any atom is -0.342 e. The van der Waals surface area contributed by atoms with Crippen molar-refractivity contribution in [2.75, 3.05) is 13.6 Å². The first-order valence-corrected chi connectivity index (χ1v) is 6.39. The van der Waals surface area contributed by atoms with E-state index in [2.05, 4.69) is 26.0 Å². The third kappa shape index (κ3) is 4.84. The summed E-state index contributed by atoms with van der Waals surface area (Å²) in [5.74, 6) is 0.141. The fraction of sp³-hybridized carbons (Fsp3) is 0.533. The summed E-state index contributed by atoms with van der Waals surface area (Å²) in [6, 6.07) is 10.2. The Morgan fingerprint density at radius 3 is 2.32 bits per heavy atom. The van der Waals surface area contributed by atoms with Gasteiger partial charge < -0.3 is 10.6 Å². The number of likely N-dealkylation sites (N-methyl/N-ethyl adjacent to an activating group) is 1. The van der Waals surface area contributed by atoms with Crippen molar-refractivity contribution >= 4 is 18.3 Å². The van der Waals surface area contributed by atoms with Crippen molar-refractivity contribution in [2.24, 2.45) is 5.73 Å². The van der Waals surface area contributed by atoms with Gasteiger partial charge in [0.1, 0.15) is 0 Å². The van der Waals surface area contributed by atoms with E-state index in [0.717, 1.165) is 0 Å². The van der Waals surface area contributed by atoms with Gasteiger partial charge in [-0.25, -0.2) is 0 Å². The van der Waals surface area contributed by atoms with E-state index >= 15 is 0 Å². The predicted molar refractivity (Wildman–Crippen MR) is 82.6 cm³/mol. The molecule has 1 aromatic rings. The van der Waals surface area contributed by atoms with E-state index in [-0.39, 0.29) is 29.8 Å². The maximum absolute atomic E-state index is 12.2.